The lowest BCUT2D eigenvalue weighted by molar-refractivity contribution is -0.154. The number of rotatable bonds is 10. The number of carbonyl (C=O) groups is 2. The fraction of sp³-hybridized carbons (Fsp3) is 0.391. The predicted octanol–water partition coefficient (Wildman–Crippen LogP) is 3.80. The Labute approximate surface area is 174 Å². The number of ether oxygens (including phenoxy) is 5. The van der Waals surface area contributed by atoms with Gasteiger partial charge < -0.3 is 23.7 Å². The molecule has 0 N–H and O–H groups in total. The van der Waals surface area contributed by atoms with Crippen LogP contribution >= 0.6 is 0 Å². The van der Waals surface area contributed by atoms with Crippen LogP contribution in [0.15, 0.2) is 42.5 Å². The van der Waals surface area contributed by atoms with E-state index in [2.05, 4.69) is 0 Å². The highest BCUT2D eigenvalue weighted by molar-refractivity contribution is 6.00. The van der Waals surface area contributed by atoms with Gasteiger partial charge >= 0.3 is 11.9 Å². The van der Waals surface area contributed by atoms with E-state index in [0.717, 1.165) is 12.0 Å². The van der Waals surface area contributed by atoms with Gasteiger partial charge in [-0.25, -0.2) is 9.59 Å². The van der Waals surface area contributed by atoms with Crippen LogP contribution in [0.1, 0.15) is 46.9 Å². The third-order valence-corrected chi connectivity index (χ3v) is 5.15. The van der Waals surface area contributed by atoms with Crippen LogP contribution in [-0.4, -0.2) is 32.4 Å². The van der Waals surface area contributed by atoms with Crippen LogP contribution in [0, 0.1) is 5.92 Å². The molecule has 0 spiro atoms. The highest BCUT2D eigenvalue weighted by Gasteiger charge is 2.41. The minimum Gasteiger partial charge on any atom is -0.497 e. The van der Waals surface area contributed by atoms with Crippen LogP contribution in [0.5, 0.6) is 11.5 Å². The Morgan fingerprint density at radius 2 is 1.97 bits per heavy atom. The highest BCUT2D eigenvalue weighted by Crippen LogP contribution is 2.41. The van der Waals surface area contributed by atoms with Gasteiger partial charge in [0.25, 0.3) is 0 Å². The van der Waals surface area contributed by atoms with Crippen molar-refractivity contribution in [2.75, 3.05) is 20.5 Å². The van der Waals surface area contributed by atoms with Crippen molar-refractivity contribution in [1.82, 2.24) is 0 Å². The van der Waals surface area contributed by atoms with Crippen molar-refractivity contribution < 1.29 is 33.3 Å². The molecule has 1 saturated carbocycles. The fourth-order valence-corrected chi connectivity index (χ4v) is 3.32. The zero-order chi connectivity index (χ0) is 20.9. The van der Waals surface area contributed by atoms with Crippen molar-refractivity contribution in [3.05, 3.63) is 59.2 Å². The molecular weight excluding hydrogens is 388 g/mol. The van der Waals surface area contributed by atoms with Crippen molar-refractivity contribution in [2.24, 2.45) is 5.92 Å². The van der Waals surface area contributed by atoms with E-state index < -0.39 is 18.0 Å². The summed E-state index contributed by atoms with van der Waals surface area (Å²) in [6.45, 7) is 0.626. The average molecular weight is 412 g/mol. The SMILES string of the molecule is COc1cc(OCOCc2ccccc2)c2c(c1)C(=O)OC2C(=O)OCCC1CC1. The van der Waals surface area contributed by atoms with Gasteiger partial charge in [0, 0.05) is 6.07 Å². The summed E-state index contributed by atoms with van der Waals surface area (Å²) in [5.74, 6) is 0.158. The molecule has 0 aromatic heterocycles. The molecule has 0 amide bonds. The van der Waals surface area contributed by atoms with Crippen LogP contribution in [-0.2, 0) is 25.6 Å². The summed E-state index contributed by atoms with van der Waals surface area (Å²) in [6.07, 6.45) is 2.04. The third kappa shape index (κ3) is 4.74. The molecule has 1 atom stereocenters. The summed E-state index contributed by atoms with van der Waals surface area (Å²) in [5, 5.41) is 0. The van der Waals surface area contributed by atoms with Crippen molar-refractivity contribution >= 4 is 11.9 Å². The zero-order valence-electron chi connectivity index (χ0n) is 16.8. The first-order chi connectivity index (χ1) is 14.7. The normalized spacial score (nSPS) is 17.2. The largest absolute Gasteiger partial charge is 0.497 e. The molecule has 158 valence electrons. The van der Waals surface area contributed by atoms with Gasteiger partial charge in [-0.1, -0.05) is 43.2 Å². The monoisotopic (exact) mass is 412 g/mol. The van der Waals surface area contributed by atoms with Gasteiger partial charge in [0.2, 0.25) is 6.10 Å². The van der Waals surface area contributed by atoms with Crippen LogP contribution in [0.2, 0.25) is 0 Å². The first-order valence-corrected chi connectivity index (χ1v) is 9.99. The molecule has 1 unspecified atom stereocenters. The van der Waals surface area contributed by atoms with Crippen LogP contribution in [0.25, 0.3) is 0 Å². The summed E-state index contributed by atoms with van der Waals surface area (Å²) >= 11 is 0. The number of hydrogen-bond donors (Lipinski definition) is 0. The summed E-state index contributed by atoms with van der Waals surface area (Å²) < 4.78 is 27.2. The second-order valence-corrected chi connectivity index (χ2v) is 7.37. The number of esters is 2. The standard InChI is InChI=1S/C23H24O7/c1-26-17-11-18-20(19(12-17)29-14-27-13-16-5-3-2-4-6-16)21(30-22(18)24)23(25)28-10-9-15-7-8-15/h2-6,11-12,15,21H,7-10,13-14H2,1H3. The van der Waals surface area contributed by atoms with Gasteiger partial charge in [-0.3, -0.25) is 0 Å². The maximum Gasteiger partial charge on any atom is 0.352 e. The summed E-state index contributed by atoms with van der Waals surface area (Å²) in [7, 11) is 1.49. The van der Waals surface area contributed by atoms with Crippen molar-refractivity contribution in [3.63, 3.8) is 0 Å². The second kappa shape index (κ2) is 9.17. The number of hydrogen-bond acceptors (Lipinski definition) is 7. The van der Waals surface area contributed by atoms with E-state index in [1.165, 1.54) is 26.0 Å². The fourth-order valence-electron chi connectivity index (χ4n) is 3.32. The van der Waals surface area contributed by atoms with Gasteiger partial charge in [-0.05, 0) is 24.0 Å². The van der Waals surface area contributed by atoms with E-state index >= 15 is 0 Å². The summed E-state index contributed by atoms with van der Waals surface area (Å²) in [6, 6.07) is 12.8. The van der Waals surface area contributed by atoms with Gasteiger partial charge in [0.15, 0.2) is 6.79 Å². The quantitative estimate of drug-likeness (QED) is 0.334. The van der Waals surface area contributed by atoms with Gasteiger partial charge in [0.05, 0.1) is 31.5 Å². The molecule has 2 aromatic carbocycles. The average Bonchev–Trinajstić information content (AvgIpc) is 3.53. The molecule has 7 nitrogen and oxygen atoms in total. The molecule has 4 rings (SSSR count). The van der Waals surface area contributed by atoms with E-state index in [1.54, 1.807) is 6.07 Å². The summed E-state index contributed by atoms with van der Waals surface area (Å²) in [5.41, 5.74) is 1.59. The van der Waals surface area contributed by atoms with E-state index in [1.807, 2.05) is 30.3 Å². The number of carbonyl (C=O) groups excluding carboxylic acids is 2. The molecule has 1 fully saturated rings. The molecular formula is C23H24O7. The lowest BCUT2D eigenvalue weighted by Gasteiger charge is -2.15. The molecule has 1 heterocycles. The predicted molar refractivity (Wildman–Crippen MR) is 106 cm³/mol. The molecule has 2 aliphatic rings. The van der Waals surface area contributed by atoms with Crippen LogP contribution in [0.3, 0.4) is 0 Å². The highest BCUT2D eigenvalue weighted by atomic mass is 16.7. The van der Waals surface area contributed by atoms with Crippen LogP contribution in [0.4, 0.5) is 0 Å². The number of cyclic esters (lactones) is 1. The molecule has 0 radical (unpaired) electrons. The van der Waals surface area contributed by atoms with E-state index in [9.17, 15) is 9.59 Å². The Hall–Kier alpha value is -3.06. The zero-order valence-corrected chi connectivity index (χ0v) is 16.8. The van der Waals surface area contributed by atoms with Crippen molar-refractivity contribution in [1.29, 1.82) is 0 Å². The molecule has 1 aliphatic carbocycles. The molecule has 7 heteroatoms. The number of benzene rings is 2. The molecule has 2 aromatic rings. The Balaban J connectivity index is 1.45. The smallest absolute Gasteiger partial charge is 0.352 e. The minimum atomic E-state index is -1.15. The number of methoxy groups -OCH3 is 1. The first-order valence-electron chi connectivity index (χ1n) is 9.99. The van der Waals surface area contributed by atoms with Gasteiger partial charge in [-0.2, -0.15) is 0 Å². The van der Waals surface area contributed by atoms with Crippen molar-refractivity contribution in [3.8, 4) is 11.5 Å². The lowest BCUT2D eigenvalue weighted by atomic mass is 10.0. The minimum absolute atomic E-state index is 0.0634. The molecule has 1 aliphatic heterocycles. The van der Waals surface area contributed by atoms with Gasteiger partial charge in [-0.15, -0.1) is 0 Å². The maximum absolute atomic E-state index is 12.6. The molecule has 0 saturated heterocycles. The Kier molecular flexibility index (Phi) is 6.18. The Morgan fingerprint density at radius 3 is 2.70 bits per heavy atom. The van der Waals surface area contributed by atoms with E-state index in [0.29, 0.717) is 36.2 Å². The Bertz CT molecular complexity index is 905. The molecule has 30 heavy (non-hydrogen) atoms. The maximum atomic E-state index is 12.6. The van der Waals surface area contributed by atoms with E-state index in [-0.39, 0.29) is 12.4 Å². The topological polar surface area (TPSA) is 80.3 Å². The van der Waals surface area contributed by atoms with Crippen molar-refractivity contribution in [2.45, 2.75) is 32.0 Å². The lowest BCUT2D eigenvalue weighted by Crippen LogP contribution is -2.18. The first kappa shape index (κ1) is 20.2. The summed E-state index contributed by atoms with van der Waals surface area (Å²) in [4.78, 5) is 24.9. The van der Waals surface area contributed by atoms with Crippen LogP contribution < -0.4 is 9.47 Å². The Morgan fingerprint density at radius 1 is 1.17 bits per heavy atom. The van der Waals surface area contributed by atoms with Gasteiger partial charge in [0.1, 0.15) is 11.5 Å². The third-order valence-electron chi connectivity index (χ3n) is 5.15. The molecule has 0 bridgehead atoms. The number of fused-ring (bicyclic) bond motifs is 1. The second-order valence-electron chi connectivity index (χ2n) is 7.37. The van der Waals surface area contributed by atoms with E-state index in [4.69, 9.17) is 23.7 Å².